The standard InChI is InChI=1S/C7H15NOS.C7H7.C5H5N.2C5H10.C5H6.5C2H6.3C2H5.4Y/c1-6(9)7(8-2)4-5-10-3;1-7-5-3-2-4-6-7;1-2-4-6-5-3-1;3*1-2-4-5-3-1;8*1-2;;;;/h7-8H,4-5H2,1-3H3;2-6H,1H2;1-5H;2*1-5H2;1-4H,5H2;5*1-2H3;3*1H2,2H3;;;;/q;-1;;;;;;;;;;3*-1;;;;/t7-;;;;;;;;;;;;;;;;;/m0................./s1. The molecule has 1 aromatic heterocycles. The van der Waals surface area contributed by atoms with Crippen molar-refractivity contribution < 1.29 is 136 Å². The minimum atomic E-state index is 0. The Bertz CT molecular complexity index is 746. The number of likely N-dealkylation sites (N-methyl/N-ethyl adjacent to an activating group) is 1. The Labute approximate surface area is 474 Å². The topological polar surface area (TPSA) is 42.0 Å². The summed E-state index contributed by atoms with van der Waals surface area (Å²) >= 11 is 1.77. The molecule has 3 nitrogen and oxygen atoms in total. The molecular formula is C50H98N2OSY4-4. The van der Waals surface area contributed by atoms with Crippen molar-refractivity contribution in [3.63, 3.8) is 0 Å². The maximum absolute atomic E-state index is 10.8. The van der Waals surface area contributed by atoms with Crippen LogP contribution in [0.2, 0.25) is 0 Å². The molecule has 0 spiro atoms. The molecule has 0 unspecified atom stereocenters. The molecule has 3 aliphatic rings. The van der Waals surface area contributed by atoms with Gasteiger partial charge in [0, 0.05) is 143 Å². The number of Topliss-reactive ketones (excluding diaryl/α,β-unsaturated/α-hetero) is 1. The predicted molar refractivity (Wildman–Crippen MR) is 261 cm³/mol. The second kappa shape index (κ2) is 118. The fraction of sp³-hybridized carbons (Fsp3) is 0.600. The van der Waals surface area contributed by atoms with Gasteiger partial charge in [-0.05, 0) is 51.0 Å². The van der Waals surface area contributed by atoms with Crippen LogP contribution in [0.15, 0.2) is 85.2 Å². The van der Waals surface area contributed by atoms with Gasteiger partial charge in [0.2, 0.25) is 0 Å². The number of carbonyl (C=O) groups is 1. The molecule has 1 aromatic carbocycles. The third-order valence-electron chi connectivity index (χ3n) is 6.01. The third-order valence-corrected chi connectivity index (χ3v) is 6.66. The summed E-state index contributed by atoms with van der Waals surface area (Å²) in [6.07, 6.45) is 31.0. The van der Waals surface area contributed by atoms with Crippen LogP contribution in [0.4, 0.5) is 0 Å². The number of hydrogen-bond acceptors (Lipinski definition) is 4. The average Bonchev–Trinajstić information content (AvgIpc) is 4.14. The van der Waals surface area contributed by atoms with Crippen LogP contribution in [0.1, 0.15) is 180 Å². The monoisotopic (exact) mass is 1130 g/mol. The zero-order valence-corrected chi connectivity index (χ0v) is 53.9. The third kappa shape index (κ3) is 112. The number of thioether (sulfide) groups is 1. The van der Waals surface area contributed by atoms with E-state index < -0.39 is 0 Å². The van der Waals surface area contributed by atoms with Crippen molar-refractivity contribution in [3.05, 3.63) is 118 Å². The quantitative estimate of drug-likeness (QED) is 0.303. The van der Waals surface area contributed by atoms with Gasteiger partial charge in [0.15, 0.2) is 0 Å². The number of ketones is 1. The van der Waals surface area contributed by atoms with Crippen molar-refractivity contribution in [1.29, 1.82) is 0 Å². The molecule has 0 aliphatic heterocycles. The molecule has 4 radical (unpaired) electrons. The second-order valence-electron chi connectivity index (χ2n) is 9.37. The SMILES string of the molecule is C1=CCC=C1.C1CCCC1.C1CCCC1.CC.CC.CC.CC.CC.CN[C@@H](CCSC)C(C)=O.[CH2-]C.[CH2-]C.[CH2-]C.[CH2-]c1ccccc1.[Y].[Y].[Y].[Y].c1ccncc1. The Morgan fingerprint density at radius 3 is 1.03 bits per heavy atom. The van der Waals surface area contributed by atoms with E-state index in [9.17, 15) is 4.79 Å². The molecule has 8 heteroatoms. The van der Waals surface area contributed by atoms with E-state index in [1.807, 2.05) is 131 Å². The molecule has 0 saturated heterocycles. The average molecular weight is 1130 g/mol. The van der Waals surface area contributed by atoms with Crippen LogP contribution in [0, 0.1) is 27.7 Å². The minimum Gasteiger partial charge on any atom is -0.346 e. The molecule has 58 heavy (non-hydrogen) atoms. The summed E-state index contributed by atoms with van der Waals surface area (Å²) in [6, 6.07) is 15.7. The van der Waals surface area contributed by atoms with E-state index in [1.54, 1.807) is 51.9 Å². The molecule has 1 N–H and O–H groups in total. The summed E-state index contributed by atoms with van der Waals surface area (Å²) < 4.78 is 0. The van der Waals surface area contributed by atoms with Crippen LogP contribution >= 0.6 is 11.8 Å². The van der Waals surface area contributed by atoms with Crippen molar-refractivity contribution in [3.8, 4) is 0 Å². The van der Waals surface area contributed by atoms with E-state index in [0.717, 1.165) is 24.2 Å². The Morgan fingerprint density at radius 2 is 0.897 bits per heavy atom. The van der Waals surface area contributed by atoms with Gasteiger partial charge in [-0.3, -0.25) is 9.78 Å². The minimum absolute atomic E-state index is 0. The van der Waals surface area contributed by atoms with Crippen molar-refractivity contribution in [2.24, 2.45) is 0 Å². The summed E-state index contributed by atoms with van der Waals surface area (Å²) in [5.41, 5.74) is 1.07. The number of allylic oxidation sites excluding steroid dienone is 4. The molecule has 2 fully saturated rings. The zero-order valence-electron chi connectivity index (χ0n) is 41.8. The van der Waals surface area contributed by atoms with Crippen LogP contribution in [-0.2, 0) is 136 Å². The maximum Gasteiger partial charge on any atom is 0.146 e. The van der Waals surface area contributed by atoms with E-state index in [2.05, 4.69) is 62.3 Å². The van der Waals surface area contributed by atoms with Gasteiger partial charge in [-0.1, -0.05) is 170 Å². The van der Waals surface area contributed by atoms with Crippen molar-refractivity contribution in [2.75, 3.05) is 19.1 Å². The van der Waals surface area contributed by atoms with Gasteiger partial charge in [0.25, 0.3) is 0 Å². The number of carbonyl (C=O) groups excluding carboxylic acids is 1. The van der Waals surface area contributed by atoms with Crippen molar-refractivity contribution >= 4 is 17.5 Å². The Balaban J connectivity index is -0.0000000354. The van der Waals surface area contributed by atoms with Gasteiger partial charge in [-0.2, -0.15) is 57.2 Å². The Morgan fingerprint density at radius 1 is 0.603 bits per heavy atom. The number of hydrogen-bond donors (Lipinski definition) is 1. The van der Waals surface area contributed by atoms with Gasteiger partial charge in [-0.25, -0.2) is 0 Å². The summed E-state index contributed by atoms with van der Waals surface area (Å²) in [4.78, 5) is 14.6. The van der Waals surface area contributed by atoms with E-state index in [1.165, 1.54) is 64.2 Å². The second-order valence-corrected chi connectivity index (χ2v) is 10.4. The first-order valence-electron chi connectivity index (χ1n) is 21.4. The normalized spacial score (nSPS) is 10.6. The number of pyridine rings is 1. The van der Waals surface area contributed by atoms with Crippen LogP contribution < -0.4 is 5.32 Å². The summed E-state index contributed by atoms with van der Waals surface area (Å²) in [5, 5.41) is 2.97. The molecule has 2 aromatic rings. The number of rotatable bonds is 5. The largest absolute Gasteiger partial charge is 0.346 e. The van der Waals surface area contributed by atoms with Crippen LogP contribution in [0.5, 0.6) is 0 Å². The van der Waals surface area contributed by atoms with Gasteiger partial charge < -0.3 is 26.1 Å². The van der Waals surface area contributed by atoms with Crippen LogP contribution in [0.25, 0.3) is 0 Å². The van der Waals surface area contributed by atoms with E-state index in [-0.39, 0.29) is 143 Å². The molecule has 5 rings (SSSR count). The molecule has 1 atom stereocenters. The van der Waals surface area contributed by atoms with Gasteiger partial charge in [0.05, 0.1) is 6.04 Å². The molecule has 1 heterocycles. The first-order valence-corrected chi connectivity index (χ1v) is 22.8. The fourth-order valence-electron chi connectivity index (χ4n) is 3.74. The van der Waals surface area contributed by atoms with Gasteiger partial charge in [0.1, 0.15) is 5.78 Å². The number of benzene rings is 1. The van der Waals surface area contributed by atoms with Gasteiger partial charge >= 0.3 is 0 Å². The first kappa shape index (κ1) is 94.6. The van der Waals surface area contributed by atoms with E-state index in [0.29, 0.717) is 0 Å². The van der Waals surface area contributed by atoms with Crippen molar-refractivity contribution in [2.45, 2.75) is 180 Å². The van der Waals surface area contributed by atoms with Crippen molar-refractivity contribution in [1.82, 2.24) is 10.3 Å². The van der Waals surface area contributed by atoms with Crippen LogP contribution in [0.3, 0.4) is 0 Å². The maximum atomic E-state index is 10.8. The van der Waals surface area contributed by atoms with E-state index >= 15 is 0 Å². The van der Waals surface area contributed by atoms with Gasteiger partial charge in [-0.15, -0.1) is 12.1 Å². The predicted octanol–water partition coefficient (Wildman–Crippen LogP) is 16.9. The zero-order chi connectivity index (χ0) is 43.9. The first-order chi connectivity index (χ1) is 26.6. The fourth-order valence-corrected chi connectivity index (χ4v) is 4.21. The molecule has 336 valence electrons. The molecule has 3 aliphatic carbocycles. The number of aromatic nitrogens is 1. The number of nitrogens with zero attached hydrogens (tertiary/aromatic N) is 1. The van der Waals surface area contributed by atoms with Crippen LogP contribution in [-0.4, -0.2) is 35.9 Å². The molecule has 2 saturated carbocycles. The Hall–Kier alpha value is 2.12. The molecular weight excluding hydrogens is 1030 g/mol. The molecule has 0 bridgehead atoms. The molecule has 0 amide bonds. The van der Waals surface area contributed by atoms with E-state index in [4.69, 9.17) is 0 Å². The summed E-state index contributed by atoms with van der Waals surface area (Å²) in [6.45, 7) is 40.3. The Kier molecular flexibility index (Phi) is 193. The summed E-state index contributed by atoms with van der Waals surface area (Å²) in [7, 11) is 1.83. The number of nitrogens with one attached hydrogen (secondary N) is 1. The summed E-state index contributed by atoms with van der Waals surface area (Å²) in [5.74, 6) is 1.28. The smallest absolute Gasteiger partial charge is 0.146 e.